The van der Waals surface area contributed by atoms with Gasteiger partial charge in [-0.2, -0.15) is 0 Å². The molecule has 2 saturated heterocycles. The lowest BCUT2D eigenvalue weighted by atomic mass is 10.0. The van der Waals surface area contributed by atoms with Crippen molar-refractivity contribution in [2.75, 3.05) is 18.0 Å². The Bertz CT molecular complexity index is 390. The molecule has 4 heteroatoms. The molecule has 17 heavy (non-hydrogen) atoms. The predicted octanol–water partition coefficient (Wildman–Crippen LogP) is 2.46. The summed E-state index contributed by atoms with van der Waals surface area (Å²) in [4.78, 5) is 6.84. The first-order valence-electron chi connectivity index (χ1n) is 6.47. The van der Waals surface area contributed by atoms with Crippen LogP contribution in [0.15, 0.2) is 18.3 Å². The van der Waals surface area contributed by atoms with E-state index in [0.717, 1.165) is 23.9 Å². The summed E-state index contributed by atoms with van der Waals surface area (Å²) in [5.41, 5.74) is 0. The van der Waals surface area contributed by atoms with Crippen LogP contribution in [0, 0.1) is 0 Å². The van der Waals surface area contributed by atoms with Gasteiger partial charge in [0.1, 0.15) is 5.82 Å². The Kier molecular flexibility index (Phi) is 3.21. The zero-order chi connectivity index (χ0) is 11.7. The lowest BCUT2D eigenvalue weighted by Crippen LogP contribution is -2.44. The highest BCUT2D eigenvalue weighted by molar-refractivity contribution is 6.32. The topological polar surface area (TPSA) is 28.2 Å². The Morgan fingerprint density at radius 3 is 3.06 bits per heavy atom. The van der Waals surface area contributed by atoms with Crippen LogP contribution in [0.5, 0.6) is 0 Å². The number of halogens is 1. The van der Waals surface area contributed by atoms with Gasteiger partial charge in [-0.25, -0.2) is 4.98 Å². The van der Waals surface area contributed by atoms with Crippen LogP contribution in [0.25, 0.3) is 0 Å². The second-order valence-electron chi connectivity index (χ2n) is 4.91. The van der Waals surface area contributed by atoms with Crippen LogP contribution in [-0.4, -0.2) is 30.2 Å². The van der Waals surface area contributed by atoms with Crippen LogP contribution in [0.3, 0.4) is 0 Å². The molecule has 1 N–H and O–H groups in total. The van der Waals surface area contributed by atoms with Crippen LogP contribution < -0.4 is 10.2 Å². The summed E-state index contributed by atoms with van der Waals surface area (Å²) >= 11 is 6.25. The van der Waals surface area contributed by atoms with Crippen molar-refractivity contribution >= 4 is 17.4 Å². The minimum atomic E-state index is 0.574. The van der Waals surface area contributed by atoms with E-state index in [1.807, 2.05) is 18.3 Å². The zero-order valence-corrected chi connectivity index (χ0v) is 10.7. The van der Waals surface area contributed by atoms with Crippen molar-refractivity contribution in [2.45, 2.75) is 37.8 Å². The molecule has 0 spiro atoms. The van der Waals surface area contributed by atoms with E-state index in [4.69, 9.17) is 11.6 Å². The van der Waals surface area contributed by atoms with E-state index in [9.17, 15) is 0 Å². The van der Waals surface area contributed by atoms with Gasteiger partial charge in [-0.3, -0.25) is 0 Å². The van der Waals surface area contributed by atoms with Crippen molar-refractivity contribution in [1.29, 1.82) is 0 Å². The van der Waals surface area contributed by atoms with Crippen molar-refractivity contribution in [3.8, 4) is 0 Å². The second kappa shape index (κ2) is 4.83. The second-order valence-corrected chi connectivity index (χ2v) is 5.32. The highest BCUT2D eigenvalue weighted by atomic mass is 35.5. The van der Waals surface area contributed by atoms with Gasteiger partial charge in [-0.15, -0.1) is 0 Å². The first-order valence-corrected chi connectivity index (χ1v) is 6.84. The maximum absolute atomic E-state index is 6.25. The van der Waals surface area contributed by atoms with Gasteiger partial charge < -0.3 is 10.2 Å². The highest BCUT2D eigenvalue weighted by Crippen LogP contribution is 2.32. The van der Waals surface area contributed by atoms with E-state index in [0.29, 0.717) is 12.1 Å². The third-order valence-electron chi connectivity index (χ3n) is 3.87. The van der Waals surface area contributed by atoms with Gasteiger partial charge >= 0.3 is 0 Å². The van der Waals surface area contributed by atoms with Crippen molar-refractivity contribution in [3.05, 3.63) is 23.4 Å². The first-order chi connectivity index (χ1) is 8.36. The van der Waals surface area contributed by atoms with Crippen molar-refractivity contribution < 1.29 is 0 Å². The van der Waals surface area contributed by atoms with Gasteiger partial charge in [0, 0.05) is 24.8 Å². The quantitative estimate of drug-likeness (QED) is 0.875. The maximum atomic E-state index is 6.25. The first kappa shape index (κ1) is 11.3. The van der Waals surface area contributed by atoms with E-state index in [1.54, 1.807) is 0 Å². The SMILES string of the molecule is Clc1cccnc1N1CCCC1C1CCCN1. The molecule has 92 valence electrons. The molecule has 3 rings (SSSR count). The predicted molar refractivity (Wildman–Crippen MR) is 70.6 cm³/mol. The summed E-state index contributed by atoms with van der Waals surface area (Å²) in [6.07, 6.45) is 6.91. The van der Waals surface area contributed by atoms with E-state index in [-0.39, 0.29) is 0 Å². The summed E-state index contributed by atoms with van der Waals surface area (Å²) in [7, 11) is 0. The molecule has 2 fully saturated rings. The van der Waals surface area contributed by atoms with E-state index < -0.39 is 0 Å². The Morgan fingerprint density at radius 1 is 1.35 bits per heavy atom. The molecule has 0 amide bonds. The monoisotopic (exact) mass is 251 g/mol. The Balaban J connectivity index is 1.84. The van der Waals surface area contributed by atoms with Gasteiger partial charge in [0.05, 0.1) is 5.02 Å². The Labute approximate surface area is 107 Å². The van der Waals surface area contributed by atoms with Crippen LogP contribution in [0.1, 0.15) is 25.7 Å². The fraction of sp³-hybridized carbons (Fsp3) is 0.615. The number of nitrogens with one attached hydrogen (secondary N) is 1. The molecule has 1 aromatic heterocycles. The Morgan fingerprint density at radius 2 is 2.29 bits per heavy atom. The van der Waals surface area contributed by atoms with Gasteiger partial charge in [0.15, 0.2) is 0 Å². The number of hydrogen-bond acceptors (Lipinski definition) is 3. The number of aromatic nitrogens is 1. The van der Waals surface area contributed by atoms with Crippen molar-refractivity contribution in [2.24, 2.45) is 0 Å². The fourth-order valence-electron chi connectivity index (χ4n) is 3.10. The molecule has 3 nitrogen and oxygen atoms in total. The summed E-state index contributed by atoms with van der Waals surface area (Å²) in [6, 6.07) is 5.02. The molecule has 0 radical (unpaired) electrons. The number of rotatable bonds is 2. The third-order valence-corrected chi connectivity index (χ3v) is 4.17. The molecular weight excluding hydrogens is 234 g/mol. The van der Waals surface area contributed by atoms with E-state index in [2.05, 4.69) is 15.2 Å². The number of nitrogens with zero attached hydrogens (tertiary/aromatic N) is 2. The average Bonchev–Trinajstić information content (AvgIpc) is 3.00. The third kappa shape index (κ3) is 2.14. The maximum Gasteiger partial charge on any atom is 0.147 e. The Hall–Kier alpha value is -0.800. The molecular formula is C13H18ClN3. The van der Waals surface area contributed by atoms with Crippen LogP contribution in [0.4, 0.5) is 5.82 Å². The molecule has 2 atom stereocenters. The standard InChI is InChI=1S/C13H18ClN3/c14-10-4-1-8-16-13(10)17-9-3-6-12(17)11-5-2-7-15-11/h1,4,8,11-12,15H,2-3,5-7,9H2. The van der Waals surface area contributed by atoms with Gasteiger partial charge in [-0.1, -0.05) is 11.6 Å². The van der Waals surface area contributed by atoms with Crippen LogP contribution >= 0.6 is 11.6 Å². The summed E-state index contributed by atoms with van der Waals surface area (Å²) in [6.45, 7) is 2.24. The summed E-state index contributed by atoms with van der Waals surface area (Å²) < 4.78 is 0. The average molecular weight is 252 g/mol. The molecule has 2 aliphatic rings. The molecule has 0 bridgehead atoms. The lowest BCUT2D eigenvalue weighted by Gasteiger charge is -2.30. The molecule has 0 saturated carbocycles. The zero-order valence-electron chi connectivity index (χ0n) is 9.90. The smallest absolute Gasteiger partial charge is 0.147 e. The van der Waals surface area contributed by atoms with Crippen LogP contribution in [-0.2, 0) is 0 Å². The van der Waals surface area contributed by atoms with Crippen LogP contribution in [0.2, 0.25) is 5.02 Å². The van der Waals surface area contributed by atoms with Gasteiger partial charge in [-0.05, 0) is 44.4 Å². The fourth-order valence-corrected chi connectivity index (χ4v) is 3.33. The van der Waals surface area contributed by atoms with Gasteiger partial charge in [0.25, 0.3) is 0 Å². The number of anilines is 1. The van der Waals surface area contributed by atoms with E-state index >= 15 is 0 Å². The molecule has 0 aromatic carbocycles. The number of hydrogen-bond donors (Lipinski definition) is 1. The minimum Gasteiger partial charge on any atom is -0.351 e. The highest BCUT2D eigenvalue weighted by Gasteiger charge is 2.34. The normalized spacial score (nSPS) is 28.9. The molecule has 2 unspecified atom stereocenters. The van der Waals surface area contributed by atoms with Crippen molar-refractivity contribution in [1.82, 2.24) is 10.3 Å². The molecule has 0 aliphatic carbocycles. The lowest BCUT2D eigenvalue weighted by molar-refractivity contribution is 0.481. The van der Waals surface area contributed by atoms with Crippen molar-refractivity contribution in [3.63, 3.8) is 0 Å². The van der Waals surface area contributed by atoms with Gasteiger partial charge in [0.2, 0.25) is 0 Å². The van der Waals surface area contributed by atoms with E-state index in [1.165, 1.54) is 25.7 Å². The molecule has 1 aromatic rings. The number of pyridine rings is 1. The largest absolute Gasteiger partial charge is 0.351 e. The minimum absolute atomic E-state index is 0.574. The molecule has 3 heterocycles. The molecule has 2 aliphatic heterocycles. The summed E-state index contributed by atoms with van der Waals surface area (Å²) in [5.74, 6) is 0.963. The summed E-state index contributed by atoms with van der Waals surface area (Å²) in [5, 5.41) is 4.38.